The van der Waals surface area contributed by atoms with Crippen molar-refractivity contribution < 1.29 is 9.53 Å². The summed E-state index contributed by atoms with van der Waals surface area (Å²) in [6.45, 7) is 8.21. The summed E-state index contributed by atoms with van der Waals surface area (Å²) in [5, 5.41) is 0. The lowest BCUT2D eigenvalue weighted by atomic mass is 9.90. The van der Waals surface area contributed by atoms with E-state index in [0.717, 1.165) is 27.9 Å². The topological polar surface area (TPSA) is 43.6 Å². The molecule has 0 N–H and O–H groups in total. The Bertz CT molecular complexity index is 1120. The van der Waals surface area contributed by atoms with Gasteiger partial charge in [-0.3, -0.25) is 4.79 Å². The summed E-state index contributed by atoms with van der Waals surface area (Å²) >= 11 is 1.58. The molecular formula is C24H28N2O2S. The molecule has 0 aliphatic heterocycles. The van der Waals surface area contributed by atoms with Crippen LogP contribution in [0, 0.1) is 13.8 Å². The number of thiazole rings is 1. The van der Waals surface area contributed by atoms with Gasteiger partial charge in [-0.2, -0.15) is 4.99 Å². The average Bonchev–Trinajstić information content (AvgIpc) is 3.04. The third-order valence-electron chi connectivity index (χ3n) is 5.75. The lowest BCUT2D eigenvalue weighted by Crippen LogP contribution is -2.20. The maximum absolute atomic E-state index is 13.0. The van der Waals surface area contributed by atoms with Crippen molar-refractivity contribution in [1.82, 2.24) is 4.57 Å². The summed E-state index contributed by atoms with van der Waals surface area (Å²) in [5.41, 5.74) is 6.99. The molecule has 2 aromatic carbocycles. The highest BCUT2D eigenvalue weighted by Gasteiger charge is 2.14. The van der Waals surface area contributed by atoms with Gasteiger partial charge in [-0.25, -0.2) is 0 Å². The molecule has 152 valence electrons. The lowest BCUT2D eigenvalue weighted by molar-refractivity contribution is 0.0996. The van der Waals surface area contributed by atoms with Crippen molar-refractivity contribution in [3.8, 4) is 0 Å². The van der Waals surface area contributed by atoms with Crippen molar-refractivity contribution in [2.24, 2.45) is 4.99 Å². The molecule has 1 aromatic heterocycles. The van der Waals surface area contributed by atoms with E-state index in [-0.39, 0.29) is 5.91 Å². The van der Waals surface area contributed by atoms with E-state index in [4.69, 9.17) is 4.74 Å². The van der Waals surface area contributed by atoms with Crippen LogP contribution in [0.15, 0.2) is 35.3 Å². The van der Waals surface area contributed by atoms with Gasteiger partial charge < -0.3 is 9.30 Å². The van der Waals surface area contributed by atoms with Crippen molar-refractivity contribution in [2.75, 3.05) is 13.2 Å². The predicted molar refractivity (Wildman–Crippen MR) is 119 cm³/mol. The minimum absolute atomic E-state index is 0.163. The van der Waals surface area contributed by atoms with Gasteiger partial charge in [0.1, 0.15) is 0 Å². The Morgan fingerprint density at radius 2 is 1.86 bits per heavy atom. The molecule has 1 aliphatic carbocycles. The molecular weight excluding hydrogens is 380 g/mol. The van der Waals surface area contributed by atoms with E-state index in [1.165, 1.54) is 35.1 Å². The number of hydrogen-bond donors (Lipinski definition) is 0. The zero-order chi connectivity index (χ0) is 20.4. The van der Waals surface area contributed by atoms with Gasteiger partial charge in [-0.1, -0.05) is 17.4 Å². The molecule has 1 amide bonds. The monoisotopic (exact) mass is 408 g/mol. The van der Waals surface area contributed by atoms with E-state index in [1.807, 2.05) is 19.1 Å². The number of aryl methyl sites for hydroxylation is 4. The first kappa shape index (κ1) is 20.0. The standard InChI is InChI=1S/C24H28N2O2S/c1-4-28-12-11-26-21-13-16(2)17(3)14-22(21)29-24(26)25-23(27)20-10-9-18-7-5-6-8-19(18)15-20/h9-10,13-15H,4-8,11-12H2,1-3H3. The Labute approximate surface area is 175 Å². The summed E-state index contributed by atoms with van der Waals surface area (Å²) in [6.07, 6.45) is 4.62. The number of ether oxygens (including phenoxy) is 1. The van der Waals surface area contributed by atoms with Gasteiger partial charge in [0, 0.05) is 18.7 Å². The van der Waals surface area contributed by atoms with Gasteiger partial charge in [0.2, 0.25) is 0 Å². The van der Waals surface area contributed by atoms with Crippen molar-refractivity contribution in [3.63, 3.8) is 0 Å². The van der Waals surface area contributed by atoms with Gasteiger partial charge in [0.15, 0.2) is 4.80 Å². The van der Waals surface area contributed by atoms with E-state index in [1.54, 1.807) is 11.3 Å². The second-order valence-corrected chi connectivity index (χ2v) is 8.75. The number of rotatable bonds is 5. The van der Waals surface area contributed by atoms with Crippen molar-refractivity contribution in [2.45, 2.75) is 53.0 Å². The number of carbonyl (C=O) groups is 1. The summed E-state index contributed by atoms with van der Waals surface area (Å²) in [4.78, 5) is 18.3. The summed E-state index contributed by atoms with van der Waals surface area (Å²) < 4.78 is 8.85. The second kappa shape index (κ2) is 8.64. The van der Waals surface area contributed by atoms with Gasteiger partial charge in [0.05, 0.1) is 16.8 Å². The molecule has 4 rings (SSSR count). The molecule has 3 aromatic rings. The van der Waals surface area contributed by atoms with Crippen molar-refractivity contribution in [3.05, 3.63) is 63.0 Å². The van der Waals surface area contributed by atoms with E-state index >= 15 is 0 Å². The third kappa shape index (κ3) is 4.21. The van der Waals surface area contributed by atoms with Crippen LogP contribution in [-0.2, 0) is 24.1 Å². The number of benzene rings is 2. The van der Waals surface area contributed by atoms with Crippen molar-refractivity contribution >= 4 is 27.5 Å². The van der Waals surface area contributed by atoms with E-state index in [0.29, 0.717) is 25.3 Å². The second-order valence-electron chi connectivity index (χ2n) is 7.74. The van der Waals surface area contributed by atoms with Gasteiger partial charge in [-0.05, 0) is 93.0 Å². The zero-order valence-electron chi connectivity index (χ0n) is 17.5. The zero-order valence-corrected chi connectivity index (χ0v) is 18.3. The van der Waals surface area contributed by atoms with Crippen LogP contribution in [0.5, 0.6) is 0 Å². The number of hydrogen-bond acceptors (Lipinski definition) is 3. The summed E-state index contributed by atoms with van der Waals surface area (Å²) in [5.74, 6) is -0.163. The van der Waals surface area contributed by atoms with Crippen LogP contribution >= 0.6 is 11.3 Å². The van der Waals surface area contributed by atoms with Crippen LogP contribution in [0.4, 0.5) is 0 Å². The molecule has 0 spiro atoms. The molecule has 0 fully saturated rings. The number of nitrogens with zero attached hydrogens (tertiary/aromatic N) is 2. The molecule has 0 atom stereocenters. The maximum atomic E-state index is 13.0. The van der Waals surface area contributed by atoms with E-state index in [9.17, 15) is 4.79 Å². The van der Waals surface area contributed by atoms with Crippen LogP contribution in [0.2, 0.25) is 0 Å². The number of amides is 1. The maximum Gasteiger partial charge on any atom is 0.279 e. The molecule has 1 aliphatic rings. The highest BCUT2D eigenvalue weighted by Crippen LogP contribution is 2.24. The SMILES string of the molecule is CCOCCn1c(=NC(=O)c2ccc3c(c2)CCCC3)sc2cc(C)c(C)cc21. The summed E-state index contributed by atoms with van der Waals surface area (Å²) in [7, 11) is 0. The molecule has 0 bridgehead atoms. The largest absolute Gasteiger partial charge is 0.380 e. The van der Waals surface area contributed by atoms with Crippen LogP contribution in [0.3, 0.4) is 0 Å². The van der Waals surface area contributed by atoms with Gasteiger partial charge >= 0.3 is 0 Å². The number of carbonyl (C=O) groups excluding carboxylic acids is 1. The fourth-order valence-electron chi connectivity index (χ4n) is 3.94. The normalized spacial score (nSPS) is 14.4. The first-order valence-corrected chi connectivity index (χ1v) is 11.3. The Hall–Kier alpha value is -2.24. The smallest absolute Gasteiger partial charge is 0.279 e. The fourth-order valence-corrected chi connectivity index (χ4v) is 5.08. The van der Waals surface area contributed by atoms with Crippen LogP contribution < -0.4 is 4.80 Å². The Kier molecular flexibility index (Phi) is 5.97. The first-order chi connectivity index (χ1) is 14.1. The number of fused-ring (bicyclic) bond motifs is 2. The Morgan fingerprint density at radius 1 is 1.10 bits per heavy atom. The van der Waals surface area contributed by atoms with Crippen molar-refractivity contribution in [1.29, 1.82) is 0 Å². The highest BCUT2D eigenvalue weighted by molar-refractivity contribution is 7.16. The molecule has 29 heavy (non-hydrogen) atoms. The minimum Gasteiger partial charge on any atom is -0.380 e. The number of aromatic nitrogens is 1. The van der Waals surface area contributed by atoms with Crippen LogP contribution in [-0.4, -0.2) is 23.7 Å². The Balaban J connectivity index is 1.76. The highest BCUT2D eigenvalue weighted by atomic mass is 32.1. The Morgan fingerprint density at radius 3 is 2.66 bits per heavy atom. The molecule has 0 unspecified atom stereocenters. The van der Waals surface area contributed by atoms with Gasteiger partial charge in [-0.15, -0.1) is 0 Å². The minimum atomic E-state index is -0.163. The molecule has 0 saturated carbocycles. The molecule has 1 heterocycles. The predicted octanol–water partition coefficient (Wildman–Crippen LogP) is 4.98. The fraction of sp³-hybridized carbons (Fsp3) is 0.417. The van der Waals surface area contributed by atoms with Crippen LogP contribution in [0.1, 0.15) is 52.4 Å². The van der Waals surface area contributed by atoms with Gasteiger partial charge in [0.25, 0.3) is 5.91 Å². The quantitative estimate of drug-likeness (QED) is 0.559. The first-order valence-electron chi connectivity index (χ1n) is 10.5. The summed E-state index contributed by atoms with van der Waals surface area (Å²) in [6, 6.07) is 10.5. The van der Waals surface area contributed by atoms with E-state index < -0.39 is 0 Å². The molecule has 0 saturated heterocycles. The molecule has 4 nitrogen and oxygen atoms in total. The lowest BCUT2D eigenvalue weighted by Gasteiger charge is -2.15. The van der Waals surface area contributed by atoms with E-state index in [2.05, 4.69) is 41.6 Å². The van der Waals surface area contributed by atoms with Crippen LogP contribution in [0.25, 0.3) is 10.2 Å². The third-order valence-corrected chi connectivity index (χ3v) is 6.80. The molecule has 0 radical (unpaired) electrons. The molecule has 5 heteroatoms. The average molecular weight is 409 g/mol.